The van der Waals surface area contributed by atoms with Crippen LogP contribution < -0.4 is 4.90 Å². The first kappa shape index (κ1) is 14.5. The summed E-state index contributed by atoms with van der Waals surface area (Å²) in [6.07, 6.45) is 4.32. The maximum atomic E-state index is 5.89. The minimum Gasteiger partial charge on any atom is -0.374 e. The Hall–Kier alpha value is -1.46. The van der Waals surface area contributed by atoms with Crippen LogP contribution in [0.5, 0.6) is 0 Å². The number of aryl methyl sites for hydroxylation is 1. The van der Waals surface area contributed by atoms with E-state index in [-0.39, 0.29) is 0 Å². The number of ether oxygens (including phenoxy) is 1. The molecule has 1 aliphatic rings. The van der Waals surface area contributed by atoms with E-state index in [1.54, 1.807) is 0 Å². The molecule has 112 valence electrons. The Bertz CT molecular complexity index is 558. The average Bonchev–Trinajstić information content (AvgIpc) is 2.94. The molecule has 2 aromatic rings. The fourth-order valence-corrected chi connectivity index (χ4v) is 3.52. The maximum absolute atomic E-state index is 5.89. The summed E-state index contributed by atoms with van der Waals surface area (Å²) in [4.78, 5) is 2.42. The van der Waals surface area contributed by atoms with Crippen molar-refractivity contribution in [2.24, 2.45) is 7.05 Å². The van der Waals surface area contributed by atoms with Crippen LogP contribution in [-0.4, -0.2) is 41.3 Å². The summed E-state index contributed by atoms with van der Waals surface area (Å²) in [5.74, 6) is 2.03. The van der Waals surface area contributed by atoms with Crippen LogP contribution in [-0.2, 0) is 17.5 Å². The number of morpholine rings is 1. The third kappa shape index (κ3) is 4.02. The van der Waals surface area contributed by atoms with Gasteiger partial charge in [-0.1, -0.05) is 18.2 Å². The summed E-state index contributed by atoms with van der Waals surface area (Å²) in [7, 11) is 1.95. The number of para-hydroxylation sites is 1. The van der Waals surface area contributed by atoms with Gasteiger partial charge in [-0.3, -0.25) is 4.68 Å². The smallest absolute Gasteiger partial charge is 0.0841 e. The molecule has 1 atom stereocenters. The van der Waals surface area contributed by atoms with E-state index in [1.165, 1.54) is 11.3 Å². The Morgan fingerprint density at radius 2 is 2.19 bits per heavy atom. The summed E-state index contributed by atoms with van der Waals surface area (Å²) in [5.41, 5.74) is 2.57. The van der Waals surface area contributed by atoms with Crippen LogP contribution in [0, 0.1) is 0 Å². The Labute approximate surface area is 130 Å². The maximum Gasteiger partial charge on any atom is 0.0841 e. The second-order valence-corrected chi connectivity index (χ2v) is 6.34. The van der Waals surface area contributed by atoms with Crippen LogP contribution in [0.2, 0.25) is 0 Å². The van der Waals surface area contributed by atoms with Gasteiger partial charge in [-0.15, -0.1) is 0 Å². The van der Waals surface area contributed by atoms with Crippen LogP contribution >= 0.6 is 11.8 Å². The van der Waals surface area contributed by atoms with E-state index in [9.17, 15) is 0 Å². The largest absolute Gasteiger partial charge is 0.374 e. The van der Waals surface area contributed by atoms with Crippen molar-refractivity contribution in [3.05, 3.63) is 48.3 Å². The Morgan fingerprint density at radius 3 is 2.95 bits per heavy atom. The molecular weight excluding hydrogens is 282 g/mol. The minimum atomic E-state index is 0.306. The molecule has 0 aliphatic carbocycles. The van der Waals surface area contributed by atoms with Crippen molar-refractivity contribution in [1.82, 2.24) is 9.78 Å². The van der Waals surface area contributed by atoms with Gasteiger partial charge in [0.1, 0.15) is 0 Å². The molecular formula is C16H21N3OS. The standard InChI is InChI=1S/C16H21N3OS/c1-18-10-14(9-17-18)12-21-13-16-11-19(7-8-20-16)15-5-3-2-4-6-15/h2-6,9-10,16H,7-8,11-13H2,1H3. The van der Waals surface area contributed by atoms with Gasteiger partial charge in [-0.2, -0.15) is 16.9 Å². The van der Waals surface area contributed by atoms with Crippen LogP contribution in [0.1, 0.15) is 5.56 Å². The van der Waals surface area contributed by atoms with Gasteiger partial charge in [-0.25, -0.2) is 0 Å². The molecule has 1 aromatic heterocycles. The molecule has 0 N–H and O–H groups in total. The third-order valence-corrected chi connectivity index (χ3v) is 4.74. The number of hydrogen-bond donors (Lipinski definition) is 0. The van der Waals surface area contributed by atoms with E-state index >= 15 is 0 Å². The van der Waals surface area contributed by atoms with Gasteiger partial charge in [0, 0.05) is 43.5 Å². The van der Waals surface area contributed by atoms with Crippen LogP contribution in [0.25, 0.3) is 0 Å². The molecule has 0 spiro atoms. The normalized spacial score (nSPS) is 18.9. The van der Waals surface area contributed by atoms with Gasteiger partial charge in [0.15, 0.2) is 0 Å². The highest BCUT2D eigenvalue weighted by Gasteiger charge is 2.20. The average molecular weight is 303 g/mol. The zero-order chi connectivity index (χ0) is 14.5. The van der Waals surface area contributed by atoms with E-state index in [0.717, 1.165) is 31.2 Å². The minimum absolute atomic E-state index is 0.306. The molecule has 1 unspecified atom stereocenters. The summed E-state index contributed by atoms with van der Waals surface area (Å²) < 4.78 is 7.74. The fourth-order valence-electron chi connectivity index (χ4n) is 2.55. The second kappa shape index (κ2) is 7.00. The molecule has 3 rings (SSSR count). The lowest BCUT2D eigenvalue weighted by Gasteiger charge is -2.34. The van der Waals surface area contributed by atoms with Gasteiger partial charge in [0.25, 0.3) is 0 Å². The summed E-state index contributed by atoms with van der Waals surface area (Å²) in [5, 5.41) is 4.20. The van der Waals surface area contributed by atoms with Crippen molar-refractivity contribution in [1.29, 1.82) is 0 Å². The molecule has 1 aromatic carbocycles. The molecule has 1 aliphatic heterocycles. The zero-order valence-electron chi connectivity index (χ0n) is 12.3. The number of thioether (sulfide) groups is 1. The van der Waals surface area contributed by atoms with Crippen LogP contribution in [0.4, 0.5) is 5.69 Å². The molecule has 5 heteroatoms. The quantitative estimate of drug-likeness (QED) is 0.849. The molecule has 0 saturated carbocycles. The lowest BCUT2D eigenvalue weighted by atomic mass is 10.2. The van der Waals surface area contributed by atoms with E-state index < -0.39 is 0 Å². The first-order valence-corrected chi connectivity index (χ1v) is 8.43. The first-order valence-electron chi connectivity index (χ1n) is 7.28. The number of nitrogens with zero attached hydrogens (tertiary/aromatic N) is 3. The van der Waals surface area contributed by atoms with Crippen molar-refractivity contribution in [3.8, 4) is 0 Å². The van der Waals surface area contributed by atoms with Gasteiger partial charge >= 0.3 is 0 Å². The number of hydrogen-bond acceptors (Lipinski definition) is 4. The monoisotopic (exact) mass is 303 g/mol. The molecule has 0 radical (unpaired) electrons. The zero-order valence-corrected chi connectivity index (χ0v) is 13.1. The van der Waals surface area contributed by atoms with Gasteiger partial charge in [0.05, 0.1) is 18.9 Å². The van der Waals surface area contributed by atoms with Crippen LogP contribution in [0.3, 0.4) is 0 Å². The molecule has 1 saturated heterocycles. The predicted octanol–water partition coefficient (Wildman–Crippen LogP) is 2.56. The molecule has 21 heavy (non-hydrogen) atoms. The highest BCUT2D eigenvalue weighted by Crippen LogP contribution is 2.20. The fraction of sp³-hybridized carbons (Fsp3) is 0.438. The summed E-state index contributed by atoms with van der Waals surface area (Å²) in [6, 6.07) is 10.6. The molecule has 4 nitrogen and oxygen atoms in total. The molecule has 0 bridgehead atoms. The number of benzene rings is 1. The van der Waals surface area contributed by atoms with E-state index in [4.69, 9.17) is 4.74 Å². The number of rotatable bonds is 5. The second-order valence-electron chi connectivity index (χ2n) is 5.31. The van der Waals surface area contributed by atoms with E-state index in [2.05, 4.69) is 46.5 Å². The van der Waals surface area contributed by atoms with Crippen molar-refractivity contribution in [2.75, 3.05) is 30.3 Å². The van der Waals surface area contributed by atoms with Gasteiger partial charge in [-0.05, 0) is 17.7 Å². The summed E-state index contributed by atoms with van der Waals surface area (Å²) >= 11 is 1.92. The molecule has 2 heterocycles. The predicted molar refractivity (Wildman–Crippen MR) is 87.8 cm³/mol. The lowest BCUT2D eigenvalue weighted by Crippen LogP contribution is -2.43. The Kier molecular flexibility index (Phi) is 4.83. The summed E-state index contributed by atoms with van der Waals surface area (Å²) in [6.45, 7) is 2.77. The molecule has 0 amide bonds. The Balaban J connectivity index is 1.47. The highest BCUT2D eigenvalue weighted by atomic mass is 32.2. The van der Waals surface area contributed by atoms with Crippen molar-refractivity contribution in [3.63, 3.8) is 0 Å². The van der Waals surface area contributed by atoms with Crippen molar-refractivity contribution < 1.29 is 4.74 Å². The van der Waals surface area contributed by atoms with E-state index in [0.29, 0.717) is 6.10 Å². The SMILES string of the molecule is Cn1cc(CSCC2CN(c3ccccc3)CCO2)cn1. The topological polar surface area (TPSA) is 30.3 Å². The highest BCUT2D eigenvalue weighted by molar-refractivity contribution is 7.98. The number of anilines is 1. The lowest BCUT2D eigenvalue weighted by molar-refractivity contribution is 0.0563. The number of aromatic nitrogens is 2. The van der Waals surface area contributed by atoms with Crippen LogP contribution in [0.15, 0.2) is 42.7 Å². The van der Waals surface area contributed by atoms with Crippen molar-refractivity contribution in [2.45, 2.75) is 11.9 Å². The first-order chi connectivity index (χ1) is 10.3. The van der Waals surface area contributed by atoms with Crippen molar-refractivity contribution >= 4 is 17.4 Å². The van der Waals surface area contributed by atoms with E-state index in [1.807, 2.05) is 29.7 Å². The van der Waals surface area contributed by atoms with Gasteiger partial charge in [0.2, 0.25) is 0 Å². The van der Waals surface area contributed by atoms with Gasteiger partial charge < -0.3 is 9.64 Å². The Morgan fingerprint density at radius 1 is 1.33 bits per heavy atom. The third-order valence-electron chi connectivity index (χ3n) is 3.59. The molecule has 1 fully saturated rings.